The van der Waals surface area contributed by atoms with Crippen molar-refractivity contribution >= 4 is 21.8 Å². The SMILES string of the molecule is COc1cccc(C(=O)N(C)CCCCCBr)c1. The van der Waals surface area contributed by atoms with Gasteiger partial charge >= 0.3 is 0 Å². The van der Waals surface area contributed by atoms with Crippen LogP contribution >= 0.6 is 15.9 Å². The van der Waals surface area contributed by atoms with E-state index in [-0.39, 0.29) is 5.91 Å². The lowest BCUT2D eigenvalue weighted by molar-refractivity contribution is 0.0792. The molecule has 4 heteroatoms. The van der Waals surface area contributed by atoms with Crippen LogP contribution in [0.3, 0.4) is 0 Å². The van der Waals surface area contributed by atoms with Crippen LogP contribution in [-0.2, 0) is 0 Å². The Hall–Kier alpha value is -1.03. The van der Waals surface area contributed by atoms with Crippen LogP contribution in [0.5, 0.6) is 5.75 Å². The van der Waals surface area contributed by atoms with E-state index in [4.69, 9.17) is 4.74 Å². The first-order chi connectivity index (χ1) is 8.69. The Balaban J connectivity index is 2.51. The van der Waals surface area contributed by atoms with Crippen molar-refractivity contribution < 1.29 is 9.53 Å². The van der Waals surface area contributed by atoms with Gasteiger partial charge in [-0.3, -0.25) is 4.79 Å². The van der Waals surface area contributed by atoms with Crippen LogP contribution in [0.1, 0.15) is 29.6 Å². The Morgan fingerprint density at radius 2 is 2.11 bits per heavy atom. The van der Waals surface area contributed by atoms with Crippen molar-refractivity contribution in [2.75, 3.05) is 26.0 Å². The number of hydrogen-bond acceptors (Lipinski definition) is 2. The van der Waals surface area contributed by atoms with Crippen LogP contribution in [-0.4, -0.2) is 36.8 Å². The molecule has 0 heterocycles. The van der Waals surface area contributed by atoms with E-state index in [2.05, 4.69) is 15.9 Å². The van der Waals surface area contributed by atoms with Crippen molar-refractivity contribution in [3.05, 3.63) is 29.8 Å². The van der Waals surface area contributed by atoms with Gasteiger partial charge in [-0.1, -0.05) is 28.4 Å². The van der Waals surface area contributed by atoms with Gasteiger partial charge in [0.2, 0.25) is 0 Å². The topological polar surface area (TPSA) is 29.5 Å². The first-order valence-corrected chi connectivity index (χ1v) is 7.26. The summed E-state index contributed by atoms with van der Waals surface area (Å²) in [5, 5.41) is 1.03. The number of benzene rings is 1. The maximum atomic E-state index is 12.1. The molecular formula is C14H20BrNO2. The largest absolute Gasteiger partial charge is 0.497 e. The molecule has 1 rings (SSSR count). The summed E-state index contributed by atoms with van der Waals surface area (Å²) in [6.07, 6.45) is 3.33. The highest BCUT2D eigenvalue weighted by atomic mass is 79.9. The molecule has 0 unspecified atom stereocenters. The Morgan fingerprint density at radius 1 is 1.33 bits per heavy atom. The van der Waals surface area contributed by atoms with Crippen molar-refractivity contribution in [3.8, 4) is 5.75 Å². The number of unbranched alkanes of at least 4 members (excludes halogenated alkanes) is 2. The fraction of sp³-hybridized carbons (Fsp3) is 0.500. The number of alkyl halides is 1. The molecule has 18 heavy (non-hydrogen) atoms. The van der Waals surface area contributed by atoms with Crippen LogP contribution in [0.25, 0.3) is 0 Å². The van der Waals surface area contributed by atoms with Crippen molar-refractivity contribution in [2.24, 2.45) is 0 Å². The van der Waals surface area contributed by atoms with Crippen LogP contribution in [0, 0.1) is 0 Å². The predicted molar refractivity (Wildman–Crippen MR) is 77.6 cm³/mol. The van der Waals surface area contributed by atoms with E-state index in [1.807, 2.05) is 25.2 Å². The third-order valence-electron chi connectivity index (χ3n) is 2.79. The van der Waals surface area contributed by atoms with Crippen molar-refractivity contribution in [1.29, 1.82) is 0 Å². The zero-order valence-electron chi connectivity index (χ0n) is 11.0. The van der Waals surface area contributed by atoms with E-state index in [0.717, 1.165) is 31.1 Å². The average Bonchev–Trinajstić information content (AvgIpc) is 2.42. The van der Waals surface area contributed by atoms with Crippen LogP contribution in [0.2, 0.25) is 0 Å². The highest BCUT2D eigenvalue weighted by Crippen LogP contribution is 2.14. The Morgan fingerprint density at radius 3 is 2.78 bits per heavy atom. The smallest absolute Gasteiger partial charge is 0.253 e. The summed E-state index contributed by atoms with van der Waals surface area (Å²) < 4.78 is 5.12. The average molecular weight is 314 g/mol. The standard InChI is InChI=1S/C14H20BrNO2/c1-16(10-5-3-4-9-15)14(17)12-7-6-8-13(11-12)18-2/h6-8,11H,3-5,9-10H2,1-2H3. The summed E-state index contributed by atoms with van der Waals surface area (Å²) in [5.74, 6) is 0.765. The number of hydrogen-bond donors (Lipinski definition) is 0. The van der Waals surface area contributed by atoms with Gasteiger partial charge in [-0.2, -0.15) is 0 Å². The molecule has 3 nitrogen and oxygen atoms in total. The van der Waals surface area contributed by atoms with Crippen molar-refractivity contribution in [3.63, 3.8) is 0 Å². The van der Waals surface area contributed by atoms with E-state index >= 15 is 0 Å². The normalized spacial score (nSPS) is 10.2. The van der Waals surface area contributed by atoms with Crippen LogP contribution in [0.4, 0.5) is 0 Å². The molecule has 0 aliphatic rings. The van der Waals surface area contributed by atoms with E-state index in [0.29, 0.717) is 11.3 Å². The fourth-order valence-electron chi connectivity index (χ4n) is 1.70. The number of methoxy groups -OCH3 is 1. The highest BCUT2D eigenvalue weighted by molar-refractivity contribution is 9.09. The lowest BCUT2D eigenvalue weighted by atomic mass is 10.2. The molecule has 1 aromatic rings. The second kappa shape index (κ2) is 8.14. The number of rotatable bonds is 7. The van der Waals surface area contributed by atoms with Crippen LogP contribution < -0.4 is 4.74 Å². The molecule has 1 aromatic carbocycles. The Bertz CT molecular complexity index is 382. The number of amides is 1. The zero-order valence-corrected chi connectivity index (χ0v) is 12.6. The molecule has 0 saturated carbocycles. The van der Waals surface area contributed by atoms with Crippen molar-refractivity contribution in [1.82, 2.24) is 4.90 Å². The van der Waals surface area contributed by atoms with Gasteiger partial charge in [0.15, 0.2) is 0 Å². The summed E-state index contributed by atoms with van der Waals surface area (Å²) in [5.41, 5.74) is 0.678. The summed E-state index contributed by atoms with van der Waals surface area (Å²) in [6, 6.07) is 7.27. The first kappa shape index (κ1) is 15.0. The number of halogens is 1. The third kappa shape index (κ3) is 4.69. The number of carbonyl (C=O) groups is 1. The van der Waals surface area contributed by atoms with Gasteiger partial charge in [-0.25, -0.2) is 0 Å². The summed E-state index contributed by atoms with van der Waals surface area (Å²) in [4.78, 5) is 13.9. The molecule has 0 aromatic heterocycles. The number of nitrogens with zero attached hydrogens (tertiary/aromatic N) is 1. The molecule has 0 spiro atoms. The number of ether oxygens (including phenoxy) is 1. The van der Waals surface area contributed by atoms with Gasteiger partial charge in [0.05, 0.1) is 7.11 Å². The Kier molecular flexibility index (Phi) is 6.80. The van der Waals surface area contributed by atoms with E-state index in [1.54, 1.807) is 18.1 Å². The van der Waals surface area contributed by atoms with Crippen LogP contribution in [0.15, 0.2) is 24.3 Å². The quantitative estimate of drug-likeness (QED) is 0.571. The molecule has 100 valence electrons. The Labute approximate surface area is 117 Å². The lowest BCUT2D eigenvalue weighted by Gasteiger charge is -2.17. The molecule has 1 amide bonds. The first-order valence-electron chi connectivity index (χ1n) is 6.14. The van der Waals surface area contributed by atoms with E-state index in [1.165, 1.54) is 0 Å². The second-order valence-corrected chi connectivity index (χ2v) is 5.00. The van der Waals surface area contributed by atoms with Gasteiger partial charge in [-0.05, 0) is 31.0 Å². The molecule has 0 aliphatic heterocycles. The van der Waals surface area contributed by atoms with E-state index in [9.17, 15) is 4.79 Å². The summed E-state index contributed by atoms with van der Waals surface area (Å²) in [7, 11) is 3.45. The van der Waals surface area contributed by atoms with Gasteiger partial charge < -0.3 is 9.64 Å². The third-order valence-corrected chi connectivity index (χ3v) is 3.35. The molecule has 0 saturated heterocycles. The minimum Gasteiger partial charge on any atom is -0.497 e. The molecule has 0 radical (unpaired) electrons. The fourth-order valence-corrected chi connectivity index (χ4v) is 2.09. The highest BCUT2D eigenvalue weighted by Gasteiger charge is 2.11. The minimum absolute atomic E-state index is 0.0488. The lowest BCUT2D eigenvalue weighted by Crippen LogP contribution is -2.27. The van der Waals surface area contributed by atoms with Gasteiger partial charge in [0.25, 0.3) is 5.91 Å². The summed E-state index contributed by atoms with van der Waals surface area (Å²) >= 11 is 3.40. The molecule has 0 fully saturated rings. The van der Waals surface area contributed by atoms with Gasteiger partial charge in [0, 0.05) is 24.5 Å². The summed E-state index contributed by atoms with van der Waals surface area (Å²) in [6.45, 7) is 0.795. The molecule has 0 N–H and O–H groups in total. The molecule has 0 atom stereocenters. The molecular weight excluding hydrogens is 294 g/mol. The molecule has 0 bridgehead atoms. The second-order valence-electron chi connectivity index (χ2n) is 4.21. The zero-order chi connectivity index (χ0) is 13.4. The number of carbonyl (C=O) groups excluding carboxylic acids is 1. The molecule has 0 aliphatic carbocycles. The van der Waals surface area contributed by atoms with E-state index < -0.39 is 0 Å². The minimum atomic E-state index is 0.0488. The predicted octanol–water partition coefficient (Wildman–Crippen LogP) is 3.33. The van der Waals surface area contributed by atoms with Crippen molar-refractivity contribution in [2.45, 2.75) is 19.3 Å². The maximum absolute atomic E-state index is 12.1. The van der Waals surface area contributed by atoms with Gasteiger partial charge in [0.1, 0.15) is 5.75 Å². The van der Waals surface area contributed by atoms with Gasteiger partial charge in [-0.15, -0.1) is 0 Å². The monoisotopic (exact) mass is 313 g/mol. The maximum Gasteiger partial charge on any atom is 0.253 e.